The molecule has 0 unspecified atom stereocenters. The molecule has 0 spiro atoms. The molecule has 134 valence electrons. The van der Waals surface area contributed by atoms with Crippen molar-refractivity contribution in [2.75, 3.05) is 46.8 Å². The van der Waals surface area contributed by atoms with E-state index in [1.807, 2.05) is 30.3 Å². The summed E-state index contributed by atoms with van der Waals surface area (Å²) >= 11 is 0. The Morgan fingerprint density at radius 2 is 1.96 bits per heavy atom. The fourth-order valence-corrected chi connectivity index (χ4v) is 3.94. The van der Waals surface area contributed by atoms with Crippen LogP contribution in [0.1, 0.15) is 5.56 Å². The Kier molecular flexibility index (Phi) is 4.81. The van der Waals surface area contributed by atoms with E-state index >= 15 is 0 Å². The molecule has 0 saturated carbocycles. The van der Waals surface area contributed by atoms with Gasteiger partial charge < -0.3 is 14.9 Å². The van der Waals surface area contributed by atoms with Crippen LogP contribution in [-0.4, -0.2) is 78.6 Å². The number of fused-ring (bicyclic) bond motifs is 1. The molecule has 6 heteroatoms. The van der Waals surface area contributed by atoms with Crippen LogP contribution in [-0.2, 0) is 4.79 Å². The minimum atomic E-state index is -0.841. The smallest absolute Gasteiger partial charge is 0.319 e. The van der Waals surface area contributed by atoms with Gasteiger partial charge in [-0.05, 0) is 5.56 Å². The zero-order valence-corrected chi connectivity index (χ0v) is 14.8. The van der Waals surface area contributed by atoms with Gasteiger partial charge in [0.25, 0.3) is 0 Å². The first-order valence-electron chi connectivity index (χ1n) is 8.56. The summed E-state index contributed by atoms with van der Waals surface area (Å²) in [6.07, 6.45) is 4.14. The summed E-state index contributed by atoms with van der Waals surface area (Å²) in [5.74, 6) is -0.805. The topological polar surface area (TPSA) is 64.1 Å². The Labute approximate surface area is 148 Å². The van der Waals surface area contributed by atoms with Crippen LogP contribution in [0.15, 0.2) is 36.4 Å². The van der Waals surface area contributed by atoms with Gasteiger partial charge in [-0.15, -0.1) is 0 Å². The fourth-order valence-electron chi connectivity index (χ4n) is 3.94. The van der Waals surface area contributed by atoms with E-state index in [-0.39, 0.29) is 11.9 Å². The van der Waals surface area contributed by atoms with Crippen LogP contribution in [0, 0.1) is 11.3 Å². The lowest BCUT2D eigenvalue weighted by Crippen LogP contribution is -2.44. The summed E-state index contributed by atoms with van der Waals surface area (Å²) in [5.41, 5.74) is 0.296. The zero-order chi connectivity index (χ0) is 18.0. The molecule has 1 N–H and O–H groups in total. The molecular formula is C19H25N3O3. The molecule has 2 fully saturated rings. The number of rotatable bonds is 4. The van der Waals surface area contributed by atoms with Gasteiger partial charge in [0.2, 0.25) is 0 Å². The number of hydrogen-bond acceptors (Lipinski definition) is 3. The van der Waals surface area contributed by atoms with E-state index in [1.165, 1.54) is 4.90 Å². The predicted molar refractivity (Wildman–Crippen MR) is 96.1 cm³/mol. The van der Waals surface area contributed by atoms with Crippen molar-refractivity contribution < 1.29 is 14.7 Å². The van der Waals surface area contributed by atoms with Gasteiger partial charge in [0.05, 0.1) is 0 Å². The molecule has 0 aromatic heterocycles. The lowest BCUT2D eigenvalue weighted by Gasteiger charge is -2.26. The molecule has 1 aromatic rings. The highest BCUT2D eigenvalue weighted by Gasteiger charge is 2.58. The van der Waals surface area contributed by atoms with E-state index in [1.54, 1.807) is 19.0 Å². The summed E-state index contributed by atoms with van der Waals surface area (Å²) in [5, 5.41) is 9.84. The van der Waals surface area contributed by atoms with Crippen molar-refractivity contribution in [3.05, 3.63) is 42.0 Å². The molecule has 2 saturated heterocycles. The molecule has 0 radical (unpaired) electrons. The summed E-state index contributed by atoms with van der Waals surface area (Å²) < 4.78 is 0. The molecule has 2 atom stereocenters. The second-order valence-electron chi connectivity index (χ2n) is 7.22. The molecule has 2 amide bonds. The van der Waals surface area contributed by atoms with Crippen molar-refractivity contribution in [1.29, 1.82) is 0 Å². The van der Waals surface area contributed by atoms with E-state index < -0.39 is 11.4 Å². The average molecular weight is 343 g/mol. The largest absolute Gasteiger partial charge is 0.481 e. The van der Waals surface area contributed by atoms with E-state index in [0.29, 0.717) is 26.2 Å². The van der Waals surface area contributed by atoms with E-state index in [4.69, 9.17) is 0 Å². The van der Waals surface area contributed by atoms with Gasteiger partial charge in [-0.25, -0.2) is 4.79 Å². The summed E-state index contributed by atoms with van der Waals surface area (Å²) in [4.78, 5) is 29.5. The Morgan fingerprint density at radius 3 is 2.56 bits per heavy atom. The second-order valence-corrected chi connectivity index (χ2v) is 7.22. The molecule has 1 aromatic carbocycles. The summed E-state index contributed by atoms with van der Waals surface area (Å²) in [6.45, 7) is 2.74. The molecule has 2 heterocycles. The Morgan fingerprint density at radius 1 is 1.24 bits per heavy atom. The van der Waals surface area contributed by atoms with Gasteiger partial charge in [-0.1, -0.05) is 42.5 Å². The number of carboxylic acids is 1. The number of amides is 2. The maximum Gasteiger partial charge on any atom is 0.319 e. The third-order valence-corrected chi connectivity index (χ3v) is 5.23. The SMILES string of the molecule is CN(C)C(=O)N1C[C@@H]2CN(CC=Cc3ccccc3)C[C@]2(C(=O)O)C1. The van der Waals surface area contributed by atoms with Gasteiger partial charge in [-0.2, -0.15) is 0 Å². The molecule has 0 bridgehead atoms. The third kappa shape index (κ3) is 3.39. The van der Waals surface area contributed by atoms with Gasteiger partial charge in [-0.3, -0.25) is 9.69 Å². The first kappa shape index (κ1) is 17.5. The van der Waals surface area contributed by atoms with Crippen LogP contribution < -0.4 is 0 Å². The number of carbonyl (C=O) groups excluding carboxylic acids is 1. The molecule has 25 heavy (non-hydrogen) atoms. The van der Waals surface area contributed by atoms with Crippen LogP contribution >= 0.6 is 0 Å². The highest BCUT2D eigenvalue weighted by Crippen LogP contribution is 2.43. The zero-order valence-electron chi connectivity index (χ0n) is 14.8. The van der Waals surface area contributed by atoms with Gasteiger partial charge in [0.1, 0.15) is 5.41 Å². The number of urea groups is 1. The van der Waals surface area contributed by atoms with Gasteiger partial charge >= 0.3 is 12.0 Å². The van der Waals surface area contributed by atoms with Crippen LogP contribution in [0.5, 0.6) is 0 Å². The highest BCUT2D eigenvalue weighted by molar-refractivity contribution is 5.80. The number of carboxylic acid groups (broad SMARTS) is 1. The normalized spacial score (nSPS) is 26.2. The minimum Gasteiger partial charge on any atom is -0.481 e. The first-order chi connectivity index (χ1) is 11.9. The quantitative estimate of drug-likeness (QED) is 0.904. The van der Waals surface area contributed by atoms with Crippen molar-refractivity contribution in [2.24, 2.45) is 11.3 Å². The molecule has 6 nitrogen and oxygen atoms in total. The summed E-state index contributed by atoms with van der Waals surface area (Å²) in [6, 6.07) is 9.95. The third-order valence-electron chi connectivity index (χ3n) is 5.23. The lowest BCUT2D eigenvalue weighted by atomic mass is 9.81. The predicted octanol–water partition coefficient (Wildman–Crippen LogP) is 1.70. The Bertz CT molecular complexity index is 674. The second kappa shape index (κ2) is 6.88. The monoisotopic (exact) mass is 343 g/mol. The van der Waals surface area contributed by atoms with E-state index in [0.717, 1.165) is 12.1 Å². The van der Waals surface area contributed by atoms with Crippen molar-refractivity contribution in [3.8, 4) is 0 Å². The minimum absolute atomic E-state index is 0.0148. The maximum atomic E-state index is 12.2. The first-order valence-corrected chi connectivity index (χ1v) is 8.56. The number of carbonyl (C=O) groups is 2. The molecule has 2 aliphatic heterocycles. The number of nitrogens with zero attached hydrogens (tertiary/aromatic N) is 3. The molecular weight excluding hydrogens is 318 g/mol. The maximum absolute atomic E-state index is 12.2. The van der Waals surface area contributed by atoms with Gasteiger partial charge in [0.15, 0.2) is 0 Å². The van der Waals surface area contributed by atoms with Crippen LogP contribution in [0.3, 0.4) is 0 Å². The molecule has 0 aliphatic carbocycles. The Hall–Kier alpha value is -2.34. The number of hydrogen-bond donors (Lipinski definition) is 1. The van der Waals surface area contributed by atoms with Gasteiger partial charge in [0, 0.05) is 52.7 Å². The van der Waals surface area contributed by atoms with Crippen LogP contribution in [0.2, 0.25) is 0 Å². The molecule has 2 aliphatic rings. The van der Waals surface area contributed by atoms with Crippen molar-refractivity contribution in [1.82, 2.24) is 14.7 Å². The Balaban J connectivity index is 1.65. The lowest BCUT2D eigenvalue weighted by molar-refractivity contribution is -0.148. The average Bonchev–Trinajstić information content (AvgIpc) is 3.10. The van der Waals surface area contributed by atoms with Crippen molar-refractivity contribution in [3.63, 3.8) is 0 Å². The highest BCUT2D eigenvalue weighted by atomic mass is 16.4. The van der Waals surface area contributed by atoms with Crippen LogP contribution in [0.25, 0.3) is 6.08 Å². The fraction of sp³-hybridized carbons (Fsp3) is 0.474. The van der Waals surface area contributed by atoms with Crippen molar-refractivity contribution in [2.45, 2.75) is 0 Å². The summed E-state index contributed by atoms with van der Waals surface area (Å²) in [7, 11) is 3.40. The van der Waals surface area contributed by atoms with Crippen molar-refractivity contribution >= 4 is 18.1 Å². The van der Waals surface area contributed by atoms with E-state index in [9.17, 15) is 14.7 Å². The number of likely N-dealkylation sites (tertiary alicyclic amines) is 2. The molecule has 3 rings (SSSR count). The number of benzene rings is 1. The standard InChI is InChI=1S/C19H25N3O3/c1-20(2)18(25)22-12-16-11-21(13-19(16,14-22)17(23)24)10-6-9-15-7-4-3-5-8-15/h3-9,16H,10-14H2,1-2H3,(H,23,24)/t16-,19-/m0/s1. The van der Waals surface area contributed by atoms with E-state index in [2.05, 4.69) is 17.1 Å². The number of aliphatic carboxylic acids is 1. The van der Waals surface area contributed by atoms with Crippen LogP contribution in [0.4, 0.5) is 4.79 Å².